The van der Waals surface area contributed by atoms with Gasteiger partial charge in [0.15, 0.2) is 0 Å². The number of non-ortho nitro benzene ring substituents is 1. The zero-order valence-corrected chi connectivity index (χ0v) is 19.6. The van der Waals surface area contributed by atoms with E-state index < -0.39 is 0 Å². The summed E-state index contributed by atoms with van der Waals surface area (Å²) in [7, 11) is 1.67. The molecule has 8 nitrogen and oxygen atoms in total. The van der Waals surface area contributed by atoms with Crippen molar-refractivity contribution in [1.29, 1.82) is 0 Å². The quantitative estimate of drug-likeness (QED) is 0.434. The number of nitro benzene ring substituents is 1. The summed E-state index contributed by atoms with van der Waals surface area (Å²) in [6.45, 7) is 2.56. The van der Waals surface area contributed by atoms with Gasteiger partial charge in [-0.2, -0.15) is 0 Å². The number of anilines is 2. The summed E-state index contributed by atoms with van der Waals surface area (Å²) in [6, 6.07) is 22.7. The Morgan fingerprint density at radius 3 is 2.60 bits per heavy atom. The van der Waals surface area contributed by atoms with Crippen LogP contribution in [0.3, 0.4) is 0 Å². The number of hydrogen-bond donors (Lipinski definition) is 1. The van der Waals surface area contributed by atoms with E-state index in [0.29, 0.717) is 26.1 Å². The molecular weight excluding hydrogens is 444 g/mol. The van der Waals surface area contributed by atoms with Crippen LogP contribution in [0.15, 0.2) is 72.8 Å². The van der Waals surface area contributed by atoms with Crippen molar-refractivity contribution < 1.29 is 14.5 Å². The number of para-hydroxylation sites is 2. The maximum Gasteiger partial charge on any atom is 0.269 e. The van der Waals surface area contributed by atoms with E-state index in [1.54, 1.807) is 19.2 Å². The third-order valence-electron chi connectivity index (χ3n) is 6.98. The van der Waals surface area contributed by atoms with Gasteiger partial charge in [-0.05, 0) is 35.7 Å². The second kappa shape index (κ2) is 9.66. The van der Waals surface area contributed by atoms with Crippen molar-refractivity contribution in [1.82, 2.24) is 5.32 Å². The van der Waals surface area contributed by atoms with Gasteiger partial charge in [-0.15, -0.1) is 0 Å². The summed E-state index contributed by atoms with van der Waals surface area (Å²) in [4.78, 5) is 29.0. The lowest BCUT2D eigenvalue weighted by Gasteiger charge is -2.49. The molecule has 5 rings (SSSR count). The molecule has 2 aliphatic rings. The van der Waals surface area contributed by atoms with Gasteiger partial charge < -0.3 is 19.9 Å². The Kier molecular flexibility index (Phi) is 6.27. The number of rotatable bonds is 6. The van der Waals surface area contributed by atoms with Crippen molar-refractivity contribution in [3.63, 3.8) is 0 Å². The smallest absolute Gasteiger partial charge is 0.269 e. The van der Waals surface area contributed by atoms with Crippen LogP contribution < -0.4 is 19.9 Å². The van der Waals surface area contributed by atoms with Crippen LogP contribution in [0, 0.1) is 16.0 Å². The Morgan fingerprint density at radius 1 is 1.06 bits per heavy atom. The van der Waals surface area contributed by atoms with Crippen molar-refractivity contribution in [3.05, 3.63) is 94.0 Å². The molecule has 35 heavy (non-hydrogen) atoms. The molecule has 0 radical (unpaired) electrons. The minimum Gasteiger partial charge on any atom is -0.495 e. The van der Waals surface area contributed by atoms with Crippen molar-refractivity contribution in [3.8, 4) is 5.75 Å². The number of hydrogen-bond acceptors (Lipinski definition) is 6. The van der Waals surface area contributed by atoms with Gasteiger partial charge in [0.1, 0.15) is 5.75 Å². The second-order valence-corrected chi connectivity index (χ2v) is 8.96. The molecule has 2 heterocycles. The molecule has 3 aromatic carbocycles. The van der Waals surface area contributed by atoms with E-state index in [4.69, 9.17) is 4.74 Å². The lowest BCUT2D eigenvalue weighted by Crippen LogP contribution is -2.61. The van der Waals surface area contributed by atoms with E-state index in [1.807, 2.05) is 60.7 Å². The molecule has 2 aliphatic heterocycles. The molecule has 2 unspecified atom stereocenters. The monoisotopic (exact) mass is 472 g/mol. The van der Waals surface area contributed by atoms with Crippen LogP contribution in [0.2, 0.25) is 0 Å². The van der Waals surface area contributed by atoms with Gasteiger partial charge in [0.25, 0.3) is 5.69 Å². The number of carbonyl (C=O) groups excluding carboxylic acids is 1. The SMILES string of the molecule is COc1ccccc1N1CCN2c3ccc([N+](=O)[O-])cc3CC(C(=O)NCc3ccccc3)C2C1. The molecule has 180 valence electrons. The van der Waals surface area contributed by atoms with E-state index in [0.717, 1.165) is 34.8 Å². The maximum atomic E-state index is 13.5. The molecular formula is C27H28N4O4. The lowest BCUT2D eigenvalue weighted by molar-refractivity contribution is -0.384. The highest BCUT2D eigenvalue weighted by Crippen LogP contribution is 2.39. The molecule has 1 amide bonds. The van der Waals surface area contributed by atoms with Crippen LogP contribution in [0.25, 0.3) is 0 Å². The van der Waals surface area contributed by atoms with Gasteiger partial charge in [0, 0.05) is 44.0 Å². The van der Waals surface area contributed by atoms with Gasteiger partial charge in [0.2, 0.25) is 5.91 Å². The number of fused-ring (bicyclic) bond motifs is 3. The molecule has 0 aromatic heterocycles. The van der Waals surface area contributed by atoms with Crippen LogP contribution in [0.1, 0.15) is 11.1 Å². The van der Waals surface area contributed by atoms with Crippen LogP contribution in [-0.2, 0) is 17.8 Å². The number of methoxy groups -OCH3 is 1. The molecule has 1 saturated heterocycles. The van der Waals surface area contributed by atoms with Crippen LogP contribution >= 0.6 is 0 Å². The van der Waals surface area contributed by atoms with Crippen LogP contribution in [0.5, 0.6) is 5.75 Å². The summed E-state index contributed by atoms with van der Waals surface area (Å²) in [6.07, 6.45) is 0.457. The largest absolute Gasteiger partial charge is 0.495 e. The molecule has 0 spiro atoms. The Labute approximate surface area is 204 Å². The van der Waals surface area contributed by atoms with E-state index in [9.17, 15) is 14.9 Å². The Morgan fingerprint density at radius 2 is 1.83 bits per heavy atom. The highest BCUT2D eigenvalue weighted by molar-refractivity contribution is 5.82. The zero-order valence-electron chi connectivity index (χ0n) is 19.6. The first kappa shape index (κ1) is 22.7. The Hall–Kier alpha value is -4.07. The first-order valence-electron chi connectivity index (χ1n) is 11.8. The molecule has 3 aromatic rings. The van der Waals surface area contributed by atoms with E-state index in [2.05, 4.69) is 15.1 Å². The average molecular weight is 473 g/mol. The number of ether oxygens (including phenoxy) is 1. The minimum atomic E-state index is -0.379. The predicted octanol–water partition coefficient (Wildman–Crippen LogP) is 3.79. The average Bonchev–Trinajstić information content (AvgIpc) is 2.91. The van der Waals surface area contributed by atoms with E-state index in [-0.39, 0.29) is 28.5 Å². The number of amides is 1. The van der Waals surface area contributed by atoms with E-state index in [1.165, 1.54) is 0 Å². The summed E-state index contributed by atoms with van der Waals surface area (Å²) in [5, 5.41) is 14.5. The highest BCUT2D eigenvalue weighted by Gasteiger charge is 2.42. The molecule has 2 atom stereocenters. The molecule has 0 saturated carbocycles. The fraction of sp³-hybridized carbons (Fsp3) is 0.296. The Bertz CT molecular complexity index is 1230. The number of nitrogens with zero attached hydrogens (tertiary/aromatic N) is 3. The molecule has 1 N–H and O–H groups in total. The summed E-state index contributed by atoms with van der Waals surface area (Å²) in [5.41, 5.74) is 3.92. The first-order valence-corrected chi connectivity index (χ1v) is 11.8. The Balaban J connectivity index is 1.45. The van der Waals surface area contributed by atoms with Crippen molar-refractivity contribution in [2.24, 2.45) is 5.92 Å². The molecule has 0 aliphatic carbocycles. The van der Waals surface area contributed by atoms with Crippen LogP contribution in [-0.4, -0.2) is 43.6 Å². The van der Waals surface area contributed by atoms with Crippen molar-refractivity contribution >= 4 is 23.0 Å². The minimum absolute atomic E-state index is 0.0390. The highest BCUT2D eigenvalue weighted by atomic mass is 16.6. The summed E-state index contributed by atoms with van der Waals surface area (Å²) >= 11 is 0. The van der Waals surface area contributed by atoms with Gasteiger partial charge in [-0.1, -0.05) is 42.5 Å². The predicted molar refractivity (Wildman–Crippen MR) is 135 cm³/mol. The maximum absolute atomic E-state index is 13.5. The number of piperazine rings is 1. The zero-order chi connectivity index (χ0) is 24.4. The molecule has 1 fully saturated rings. The van der Waals surface area contributed by atoms with Gasteiger partial charge >= 0.3 is 0 Å². The van der Waals surface area contributed by atoms with Gasteiger partial charge in [-0.3, -0.25) is 14.9 Å². The summed E-state index contributed by atoms with van der Waals surface area (Å²) in [5.74, 6) is 0.423. The van der Waals surface area contributed by atoms with Crippen molar-refractivity contribution in [2.75, 3.05) is 36.5 Å². The molecule has 8 heteroatoms. The first-order chi connectivity index (χ1) is 17.0. The fourth-order valence-electron chi connectivity index (χ4n) is 5.25. The third-order valence-corrected chi connectivity index (χ3v) is 6.98. The van der Waals surface area contributed by atoms with Crippen LogP contribution in [0.4, 0.5) is 17.1 Å². The standard InChI is InChI=1S/C27H28N4O4/c1-35-26-10-6-5-9-24(26)29-13-14-30-23-12-11-21(31(33)34)15-20(23)16-22(25(30)18-29)27(32)28-17-19-7-3-2-4-8-19/h2-12,15,22,25H,13-14,16-18H2,1H3,(H,28,32). The molecule has 0 bridgehead atoms. The van der Waals surface area contributed by atoms with Gasteiger partial charge in [-0.25, -0.2) is 0 Å². The number of carbonyl (C=O) groups is 1. The van der Waals surface area contributed by atoms with Gasteiger partial charge in [0.05, 0.1) is 29.7 Å². The number of nitrogens with one attached hydrogen (secondary N) is 1. The normalized spacial score (nSPS) is 18.9. The summed E-state index contributed by atoms with van der Waals surface area (Å²) < 4.78 is 5.59. The topological polar surface area (TPSA) is 87.9 Å². The van der Waals surface area contributed by atoms with Crippen molar-refractivity contribution in [2.45, 2.75) is 19.0 Å². The number of benzene rings is 3. The third kappa shape index (κ3) is 4.51. The fourth-order valence-corrected chi connectivity index (χ4v) is 5.25. The second-order valence-electron chi connectivity index (χ2n) is 8.96. The lowest BCUT2D eigenvalue weighted by atomic mass is 9.83. The van der Waals surface area contributed by atoms with E-state index >= 15 is 0 Å². The number of nitro groups is 1.